The van der Waals surface area contributed by atoms with Gasteiger partial charge in [-0.2, -0.15) is 0 Å². The van der Waals surface area contributed by atoms with Gasteiger partial charge in [0.15, 0.2) is 0 Å². The fourth-order valence-electron chi connectivity index (χ4n) is 4.04. The van der Waals surface area contributed by atoms with Crippen molar-refractivity contribution in [3.05, 3.63) is 135 Å². The van der Waals surface area contributed by atoms with Crippen LogP contribution < -0.4 is 16.0 Å². The normalized spacial score (nSPS) is 11.7. The van der Waals surface area contributed by atoms with Gasteiger partial charge in [-0.25, -0.2) is 0 Å². The first kappa shape index (κ1) is 30.7. The van der Waals surface area contributed by atoms with Crippen LogP contribution in [-0.2, 0) is 9.59 Å². The first-order chi connectivity index (χ1) is 20.6. The molecule has 0 radical (unpaired) electrons. The number of hydrogen-bond acceptors (Lipinski definition) is 6. The molecule has 0 heterocycles. The van der Waals surface area contributed by atoms with Crippen molar-refractivity contribution < 1.29 is 19.3 Å². The molecule has 3 N–H and O–H groups in total. The summed E-state index contributed by atoms with van der Waals surface area (Å²) in [6, 6.07) is 26.9. The summed E-state index contributed by atoms with van der Waals surface area (Å²) >= 11 is 1.32. The van der Waals surface area contributed by atoms with E-state index in [0.717, 1.165) is 21.7 Å². The van der Waals surface area contributed by atoms with Gasteiger partial charge in [-0.3, -0.25) is 24.5 Å². The number of amides is 3. The molecule has 0 aromatic heterocycles. The molecule has 43 heavy (non-hydrogen) atoms. The number of rotatable bonds is 10. The SMILES string of the molecule is Cc1ccc(NC(=O)C(C)Sc2cccc(NC(=O)/C(=C\c3ccccc3[N+](=O)[O-])NC(=O)c3ccccc3)c2)cc1C. The molecule has 9 nitrogen and oxygen atoms in total. The topological polar surface area (TPSA) is 130 Å². The summed E-state index contributed by atoms with van der Waals surface area (Å²) in [5.41, 5.74) is 3.43. The Bertz CT molecular complexity index is 1700. The van der Waals surface area contributed by atoms with Crippen LogP contribution in [0.2, 0.25) is 0 Å². The number of carbonyl (C=O) groups excluding carboxylic acids is 3. The maximum absolute atomic E-state index is 13.4. The number of para-hydroxylation sites is 1. The Kier molecular flexibility index (Phi) is 10.1. The van der Waals surface area contributed by atoms with E-state index < -0.39 is 22.0 Å². The molecule has 0 aliphatic carbocycles. The average Bonchev–Trinajstić information content (AvgIpc) is 2.99. The van der Waals surface area contributed by atoms with Crippen molar-refractivity contribution in [3.8, 4) is 0 Å². The maximum atomic E-state index is 13.4. The smallest absolute Gasteiger partial charge is 0.276 e. The Labute approximate surface area is 253 Å². The Morgan fingerprint density at radius 2 is 1.51 bits per heavy atom. The van der Waals surface area contributed by atoms with Crippen LogP contribution in [0.15, 0.2) is 108 Å². The lowest BCUT2D eigenvalue weighted by molar-refractivity contribution is -0.385. The summed E-state index contributed by atoms with van der Waals surface area (Å²) in [5.74, 6) is -1.39. The number of nitro benzene ring substituents is 1. The highest BCUT2D eigenvalue weighted by Gasteiger charge is 2.19. The van der Waals surface area contributed by atoms with Crippen molar-refractivity contribution in [2.24, 2.45) is 0 Å². The Balaban J connectivity index is 1.52. The van der Waals surface area contributed by atoms with Gasteiger partial charge < -0.3 is 16.0 Å². The van der Waals surface area contributed by atoms with Crippen molar-refractivity contribution in [2.75, 3.05) is 10.6 Å². The van der Waals surface area contributed by atoms with E-state index in [9.17, 15) is 24.5 Å². The molecule has 4 aromatic carbocycles. The molecule has 4 aromatic rings. The second-order valence-corrected chi connectivity index (χ2v) is 11.1. The van der Waals surface area contributed by atoms with Crippen LogP contribution in [0.1, 0.15) is 34.0 Å². The van der Waals surface area contributed by atoms with Crippen molar-refractivity contribution in [3.63, 3.8) is 0 Å². The number of aryl methyl sites for hydroxylation is 2. The van der Waals surface area contributed by atoms with Gasteiger partial charge in [0.1, 0.15) is 5.70 Å². The molecule has 10 heteroatoms. The Morgan fingerprint density at radius 3 is 2.23 bits per heavy atom. The van der Waals surface area contributed by atoms with Gasteiger partial charge in [-0.1, -0.05) is 42.5 Å². The van der Waals surface area contributed by atoms with Crippen molar-refractivity contribution in [2.45, 2.75) is 30.9 Å². The quantitative estimate of drug-likeness (QED) is 0.0807. The summed E-state index contributed by atoms with van der Waals surface area (Å²) < 4.78 is 0. The number of nitro groups is 1. The third kappa shape index (κ3) is 8.40. The molecule has 0 aliphatic rings. The monoisotopic (exact) mass is 594 g/mol. The second-order valence-electron chi connectivity index (χ2n) is 9.72. The zero-order valence-corrected chi connectivity index (χ0v) is 24.6. The lowest BCUT2D eigenvalue weighted by Crippen LogP contribution is -2.30. The standard InChI is InChI=1S/C33H30N4O5S/c1-21-16-17-27(18-22(21)2)34-31(38)23(3)43-28-14-9-13-26(20-28)35-33(40)29(36-32(39)24-10-5-4-6-11-24)19-25-12-7-8-15-30(25)37(41)42/h4-20,23H,1-3H3,(H,34,38)(H,35,40)(H,36,39)/b29-19+. The fourth-order valence-corrected chi connectivity index (χ4v) is 4.97. The number of nitrogens with one attached hydrogen (secondary N) is 3. The molecule has 1 atom stereocenters. The van der Waals surface area contributed by atoms with Crippen molar-refractivity contribution in [1.29, 1.82) is 0 Å². The minimum Gasteiger partial charge on any atom is -0.325 e. The summed E-state index contributed by atoms with van der Waals surface area (Å²) in [5, 5.41) is 19.4. The highest BCUT2D eigenvalue weighted by atomic mass is 32.2. The molecular weight excluding hydrogens is 564 g/mol. The van der Waals surface area contributed by atoms with E-state index in [4.69, 9.17) is 0 Å². The number of hydrogen-bond donors (Lipinski definition) is 3. The summed E-state index contributed by atoms with van der Waals surface area (Å²) in [7, 11) is 0. The molecule has 4 rings (SSSR count). The predicted molar refractivity (Wildman–Crippen MR) is 170 cm³/mol. The van der Waals surface area contributed by atoms with E-state index in [-0.39, 0.29) is 22.9 Å². The van der Waals surface area contributed by atoms with Crippen LogP contribution in [0, 0.1) is 24.0 Å². The molecule has 0 aliphatic heterocycles. The molecule has 0 saturated carbocycles. The average molecular weight is 595 g/mol. The van der Waals surface area contributed by atoms with Crippen LogP contribution in [-0.4, -0.2) is 27.9 Å². The maximum Gasteiger partial charge on any atom is 0.276 e. The molecular formula is C33H30N4O5S. The Hall–Kier alpha value is -5.22. The second kappa shape index (κ2) is 14.1. The van der Waals surface area contributed by atoms with Crippen LogP contribution in [0.3, 0.4) is 0 Å². The molecule has 0 fully saturated rings. The van der Waals surface area contributed by atoms with Crippen molar-refractivity contribution >= 4 is 52.6 Å². The van der Waals surface area contributed by atoms with Crippen molar-refractivity contribution in [1.82, 2.24) is 5.32 Å². The number of benzene rings is 4. The summed E-state index contributed by atoms with van der Waals surface area (Å²) in [6.07, 6.45) is 1.27. The largest absolute Gasteiger partial charge is 0.325 e. The molecule has 1 unspecified atom stereocenters. The lowest BCUT2D eigenvalue weighted by atomic mass is 10.1. The number of carbonyl (C=O) groups is 3. The van der Waals surface area contributed by atoms with Gasteiger partial charge in [0.2, 0.25) is 5.91 Å². The number of nitrogens with zero attached hydrogens (tertiary/aromatic N) is 1. The van der Waals surface area contributed by atoms with Crippen LogP contribution in [0.5, 0.6) is 0 Å². The van der Waals surface area contributed by atoms with Crippen LogP contribution in [0.4, 0.5) is 17.1 Å². The fraction of sp³-hybridized carbons (Fsp3) is 0.121. The number of anilines is 2. The number of thioether (sulfide) groups is 1. The van der Waals surface area contributed by atoms with E-state index in [2.05, 4.69) is 16.0 Å². The summed E-state index contributed by atoms with van der Waals surface area (Å²) in [4.78, 5) is 50.9. The van der Waals surface area contributed by atoms with E-state index in [1.54, 1.807) is 61.5 Å². The molecule has 218 valence electrons. The van der Waals surface area contributed by atoms with Crippen LogP contribution in [0.25, 0.3) is 6.08 Å². The zero-order valence-electron chi connectivity index (χ0n) is 23.8. The van der Waals surface area contributed by atoms with Gasteiger partial charge in [0.25, 0.3) is 17.5 Å². The van der Waals surface area contributed by atoms with Crippen LogP contribution >= 0.6 is 11.8 Å². The van der Waals surface area contributed by atoms with Gasteiger partial charge in [-0.05, 0) is 86.5 Å². The van der Waals surface area contributed by atoms with Gasteiger partial charge >= 0.3 is 0 Å². The highest BCUT2D eigenvalue weighted by Crippen LogP contribution is 2.27. The van der Waals surface area contributed by atoms with E-state index in [0.29, 0.717) is 11.3 Å². The van der Waals surface area contributed by atoms with Gasteiger partial charge in [0, 0.05) is 27.9 Å². The molecule has 0 spiro atoms. The molecule has 0 saturated heterocycles. The molecule has 3 amide bonds. The van der Waals surface area contributed by atoms with Gasteiger partial charge in [0.05, 0.1) is 15.7 Å². The third-order valence-electron chi connectivity index (χ3n) is 6.51. The Morgan fingerprint density at radius 1 is 0.814 bits per heavy atom. The summed E-state index contributed by atoms with van der Waals surface area (Å²) in [6.45, 7) is 5.78. The first-order valence-electron chi connectivity index (χ1n) is 13.4. The third-order valence-corrected chi connectivity index (χ3v) is 7.60. The van der Waals surface area contributed by atoms with Gasteiger partial charge in [-0.15, -0.1) is 11.8 Å². The van der Waals surface area contributed by atoms with E-state index >= 15 is 0 Å². The first-order valence-corrected chi connectivity index (χ1v) is 14.3. The minimum atomic E-state index is -0.676. The minimum absolute atomic E-state index is 0.152. The lowest BCUT2D eigenvalue weighted by Gasteiger charge is -2.14. The van der Waals surface area contributed by atoms with E-state index in [1.165, 1.54) is 36.0 Å². The highest BCUT2D eigenvalue weighted by molar-refractivity contribution is 8.00. The zero-order chi connectivity index (χ0) is 30.9. The predicted octanol–water partition coefficient (Wildman–Crippen LogP) is 6.74. The van der Waals surface area contributed by atoms with E-state index in [1.807, 2.05) is 38.1 Å². The molecule has 0 bridgehead atoms.